The molecule has 0 nitrogen and oxygen atoms in total. The Kier molecular flexibility index (Phi) is 2.82. The van der Waals surface area contributed by atoms with Crippen LogP contribution in [-0.2, 0) is 0 Å². The Morgan fingerprint density at radius 2 is 1.33 bits per heavy atom. The van der Waals surface area contributed by atoms with E-state index in [4.69, 9.17) is 25.7 Å². The second-order valence-electron chi connectivity index (χ2n) is 3.65. The zero-order valence-electron chi connectivity index (χ0n) is 9.62. The zero-order valence-corrected chi connectivity index (χ0v) is 9.62. The summed E-state index contributed by atoms with van der Waals surface area (Å²) in [5, 5.41) is 1.72. The van der Waals surface area contributed by atoms with Crippen LogP contribution in [0.4, 0.5) is 0 Å². The predicted molar refractivity (Wildman–Crippen MR) is 75.7 cm³/mol. The van der Waals surface area contributed by atoms with Gasteiger partial charge in [0, 0.05) is 16.7 Å². The van der Waals surface area contributed by atoms with Crippen LogP contribution in [0.5, 0.6) is 0 Å². The van der Waals surface area contributed by atoms with E-state index in [1.165, 1.54) is 0 Å². The molecule has 0 aliphatic rings. The molecule has 0 bridgehead atoms. The van der Waals surface area contributed by atoms with E-state index in [9.17, 15) is 0 Å². The summed E-state index contributed by atoms with van der Waals surface area (Å²) in [6.45, 7) is 0. The van der Waals surface area contributed by atoms with Gasteiger partial charge in [-0.2, -0.15) is 0 Å². The fraction of sp³-hybridized carbons (Fsp3) is 0. The molecule has 0 saturated heterocycles. The summed E-state index contributed by atoms with van der Waals surface area (Å²) in [6.07, 6.45) is 22.0. The van der Waals surface area contributed by atoms with Crippen LogP contribution in [0.2, 0.25) is 0 Å². The highest BCUT2D eigenvalue weighted by Crippen LogP contribution is 2.27. The number of fused-ring (bicyclic) bond motifs is 1. The third-order valence-electron chi connectivity index (χ3n) is 2.78. The molecular formula is C18H8. The van der Waals surface area contributed by atoms with Crippen LogP contribution in [0.15, 0.2) is 24.3 Å². The minimum absolute atomic E-state index is 0.571. The standard InChI is InChI=1S/C18H8/c1-5-13-10-9-11-17-16(8-4)15(7-3)14(6-2)12-18(13)17/h1-4,9-12H. The van der Waals surface area contributed by atoms with Gasteiger partial charge >= 0.3 is 0 Å². The molecule has 0 heteroatoms. The van der Waals surface area contributed by atoms with Crippen LogP contribution in [0, 0.1) is 49.4 Å². The summed E-state index contributed by atoms with van der Waals surface area (Å²) in [5.74, 6) is 10.3. The summed E-state index contributed by atoms with van der Waals surface area (Å²) in [7, 11) is 0. The molecule has 0 fully saturated rings. The lowest BCUT2D eigenvalue weighted by atomic mass is 9.92. The van der Waals surface area contributed by atoms with Gasteiger partial charge in [-0.1, -0.05) is 35.8 Å². The molecule has 2 rings (SSSR count). The minimum atomic E-state index is 0.571. The number of terminal acetylenes is 4. The minimum Gasteiger partial charge on any atom is -0.115 e. The smallest absolute Gasteiger partial charge is 0.0562 e. The van der Waals surface area contributed by atoms with Gasteiger partial charge in [-0.05, 0) is 22.9 Å². The first kappa shape index (κ1) is 11.4. The van der Waals surface area contributed by atoms with Gasteiger partial charge in [0.2, 0.25) is 0 Å². The molecule has 0 atom stereocenters. The van der Waals surface area contributed by atoms with Crippen molar-refractivity contribution in [2.75, 3.05) is 0 Å². The van der Waals surface area contributed by atoms with E-state index in [2.05, 4.69) is 23.7 Å². The van der Waals surface area contributed by atoms with E-state index >= 15 is 0 Å². The van der Waals surface area contributed by atoms with E-state index < -0.39 is 0 Å². The van der Waals surface area contributed by atoms with Crippen LogP contribution in [0.3, 0.4) is 0 Å². The first-order valence-electron chi connectivity index (χ1n) is 5.23. The van der Waals surface area contributed by atoms with Crippen molar-refractivity contribution in [3.05, 3.63) is 46.5 Å². The number of rotatable bonds is 0. The molecule has 18 heavy (non-hydrogen) atoms. The fourth-order valence-corrected chi connectivity index (χ4v) is 1.96. The zero-order chi connectivity index (χ0) is 13.1. The first-order chi connectivity index (χ1) is 8.76. The van der Waals surface area contributed by atoms with E-state index in [1.807, 2.05) is 24.3 Å². The number of hydrogen-bond donors (Lipinski definition) is 0. The van der Waals surface area contributed by atoms with Gasteiger partial charge in [-0.25, -0.2) is 0 Å². The second kappa shape index (κ2) is 4.44. The van der Waals surface area contributed by atoms with Crippen LogP contribution < -0.4 is 0 Å². The van der Waals surface area contributed by atoms with Gasteiger partial charge in [0.15, 0.2) is 0 Å². The largest absolute Gasteiger partial charge is 0.115 e. The van der Waals surface area contributed by atoms with Crippen molar-refractivity contribution in [3.8, 4) is 49.4 Å². The van der Waals surface area contributed by atoms with Crippen molar-refractivity contribution >= 4 is 10.8 Å². The Bertz CT molecular complexity index is 807. The highest BCUT2D eigenvalue weighted by atomic mass is 14.1. The normalized spacial score (nSPS) is 8.89. The Labute approximate surface area is 107 Å². The molecule has 0 unspecified atom stereocenters. The molecule has 0 aromatic heterocycles. The van der Waals surface area contributed by atoms with E-state index in [-0.39, 0.29) is 0 Å². The Balaban J connectivity index is 3.11. The number of hydrogen-bond acceptors (Lipinski definition) is 0. The van der Waals surface area contributed by atoms with Gasteiger partial charge < -0.3 is 0 Å². The Hall–Kier alpha value is -3.06. The number of benzene rings is 2. The quantitative estimate of drug-likeness (QED) is 0.604. The van der Waals surface area contributed by atoms with Crippen LogP contribution in [0.25, 0.3) is 10.8 Å². The highest BCUT2D eigenvalue weighted by molar-refractivity contribution is 5.96. The summed E-state index contributed by atoms with van der Waals surface area (Å²) < 4.78 is 0. The molecule has 0 aliphatic carbocycles. The maximum Gasteiger partial charge on any atom is 0.0562 e. The molecule has 0 heterocycles. The summed E-state index contributed by atoms with van der Waals surface area (Å²) >= 11 is 0. The molecule has 0 saturated carbocycles. The lowest BCUT2D eigenvalue weighted by molar-refractivity contribution is 1.59. The van der Waals surface area contributed by atoms with E-state index in [0.717, 1.165) is 16.3 Å². The topological polar surface area (TPSA) is 0 Å². The molecule has 0 N–H and O–H groups in total. The predicted octanol–water partition coefficient (Wildman–Crippen LogP) is 2.77. The van der Waals surface area contributed by atoms with E-state index in [0.29, 0.717) is 16.7 Å². The Morgan fingerprint density at radius 3 is 1.89 bits per heavy atom. The highest BCUT2D eigenvalue weighted by Gasteiger charge is 2.10. The molecular weight excluding hydrogens is 216 g/mol. The lowest BCUT2D eigenvalue weighted by Gasteiger charge is -2.08. The second-order valence-corrected chi connectivity index (χ2v) is 3.65. The average molecular weight is 224 g/mol. The molecule has 2 aromatic carbocycles. The first-order valence-corrected chi connectivity index (χ1v) is 5.23. The van der Waals surface area contributed by atoms with Gasteiger partial charge in [0.1, 0.15) is 0 Å². The lowest BCUT2D eigenvalue weighted by Crippen LogP contribution is -1.93. The summed E-state index contributed by atoms with van der Waals surface area (Å²) in [6, 6.07) is 7.42. The van der Waals surface area contributed by atoms with Gasteiger partial charge in [0.05, 0.1) is 5.56 Å². The van der Waals surface area contributed by atoms with E-state index in [1.54, 1.807) is 0 Å². The van der Waals surface area contributed by atoms with Crippen molar-refractivity contribution < 1.29 is 0 Å². The van der Waals surface area contributed by atoms with Crippen molar-refractivity contribution in [1.82, 2.24) is 0 Å². The van der Waals surface area contributed by atoms with Gasteiger partial charge in [-0.3, -0.25) is 0 Å². The third kappa shape index (κ3) is 1.51. The maximum absolute atomic E-state index is 5.54. The summed E-state index contributed by atoms with van der Waals surface area (Å²) in [5.41, 5.74) is 2.55. The maximum atomic E-state index is 5.54. The van der Waals surface area contributed by atoms with Crippen LogP contribution in [0.1, 0.15) is 22.3 Å². The molecule has 0 amide bonds. The molecule has 0 radical (unpaired) electrons. The van der Waals surface area contributed by atoms with Crippen molar-refractivity contribution in [2.24, 2.45) is 0 Å². The average Bonchev–Trinajstić information content (AvgIpc) is 2.44. The molecule has 80 valence electrons. The SMILES string of the molecule is C#Cc1cc2c(C#C)cccc2c(C#C)c1C#C. The summed E-state index contributed by atoms with van der Waals surface area (Å²) in [4.78, 5) is 0. The molecule has 0 spiro atoms. The molecule has 2 aromatic rings. The van der Waals surface area contributed by atoms with Gasteiger partial charge in [-0.15, -0.1) is 25.7 Å². The monoisotopic (exact) mass is 224 g/mol. The third-order valence-corrected chi connectivity index (χ3v) is 2.78. The van der Waals surface area contributed by atoms with Gasteiger partial charge in [0.25, 0.3) is 0 Å². The van der Waals surface area contributed by atoms with Crippen LogP contribution >= 0.6 is 0 Å². The van der Waals surface area contributed by atoms with Crippen LogP contribution in [-0.4, -0.2) is 0 Å². The molecule has 0 aliphatic heterocycles. The fourth-order valence-electron chi connectivity index (χ4n) is 1.96. The Morgan fingerprint density at radius 1 is 0.667 bits per heavy atom. The van der Waals surface area contributed by atoms with Crippen molar-refractivity contribution in [1.29, 1.82) is 0 Å². The van der Waals surface area contributed by atoms with Crippen molar-refractivity contribution in [3.63, 3.8) is 0 Å². The van der Waals surface area contributed by atoms with Crippen molar-refractivity contribution in [2.45, 2.75) is 0 Å².